The van der Waals surface area contributed by atoms with Gasteiger partial charge in [-0.1, -0.05) is 52.5 Å². The number of carbonyl (C=O) groups is 3. The number of likely N-dealkylation sites (tertiary alicyclic amines) is 1. The molecule has 4 atom stereocenters. The standard InChI is InChI=1S/C27H47N3O4/c1-7-20(5)30-16-12-11-15-22(30)25(31)28-24(21-13-9-8-10-14-21)26(32)29(6)23(18(2)3)17-19(4)27(33)34/h17-18,20-24H,7-16H2,1-6H3,(H,28,31)(H,33,34)/b19-17+/t20?,22?,23-,24+/m1/s1. The minimum Gasteiger partial charge on any atom is -0.478 e. The highest BCUT2D eigenvalue weighted by molar-refractivity contribution is 5.90. The van der Waals surface area contributed by atoms with Gasteiger partial charge in [0, 0.05) is 18.7 Å². The van der Waals surface area contributed by atoms with Crippen LogP contribution in [0.3, 0.4) is 0 Å². The van der Waals surface area contributed by atoms with Gasteiger partial charge < -0.3 is 15.3 Å². The first-order chi connectivity index (χ1) is 16.1. The molecule has 0 spiro atoms. The summed E-state index contributed by atoms with van der Waals surface area (Å²) in [6.45, 7) is 10.8. The summed E-state index contributed by atoms with van der Waals surface area (Å²) in [7, 11) is 1.74. The molecule has 0 aromatic rings. The highest BCUT2D eigenvalue weighted by Gasteiger charge is 2.38. The molecule has 1 heterocycles. The number of rotatable bonds is 10. The van der Waals surface area contributed by atoms with E-state index in [0.717, 1.165) is 57.9 Å². The fourth-order valence-electron chi connectivity index (χ4n) is 5.54. The zero-order valence-corrected chi connectivity index (χ0v) is 22.2. The minimum atomic E-state index is -0.980. The molecule has 1 aliphatic carbocycles. The smallest absolute Gasteiger partial charge is 0.331 e. The lowest BCUT2D eigenvalue weighted by atomic mass is 9.82. The van der Waals surface area contributed by atoms with Crippen LogP contribution < -0.4 is 5.32 Å². The number of amides is 2. The predicted molar refractivity (Wildman–Crippen MR) is 135 cm³/mol. The van der Waals surface area contributed by atoms with Gasteiger partial charge in [0.05, 0.1) is 12.1 Å². The van der Waals surface area contributed by atoms with Crippen molar-refractivity contribution in [3.63, 3.8) is 0 Å². The van der Waals surface area contributed by atoms with Crippen molar-refractivity contribution < 1.29 is 19.5 Å². The zero-order chi connectivity index (χ0) is 25.4. The Labute approximate surface area is 206 Å². The summed E-state index contributed by atoms with van der Waals surface area (Å²) in [6.07, 6.45) is 10.8. The maximum Gasteiger partial charge on any atom is 0.331 e. The second-order valence-corrected chi connectivity index (χ2v) is 10.7. The fraction of sp³-hybridized carbons (Fsp3) is 0.815. The summed E-state index contributed by atoms with van der Waals surface area (Å²) in [4.78, 5) is 42.8. The highest BCUT2D eigenvalue weighted by Crippen LogP contribution is 2.29. The molecule has 1 saturated carbocycles. The van der Waals surface area contributed by atoms with Gasteiger partial charge in [0.25, 0.3) is 0 Å². The Morgan fingerprint density at radius 2 is 1.68 bits per heavy atom. The number of likely N-dealkylation sites (N-methyl/N-ethyl adjacent to an activating group) is 1. The van der Waals surface area contributed by atoms with E-state index in [0.29, 0.717) is 6.04 Å². The van der Waals surface area contributed by atoms with E-state index >= 15 is 0 Å². The van der Waals surface area contributed by atoms with Crippen LogP contribution in [0.2, 0.25) is 0 Å². The van der Waals surface area contributed by atoms with Crippen LogP contribution in [0, 0.1) is 11.8 Å². The second kappa shape index (κ2) is 13.3. The first-order valence-corrected chi connectivity index (χ1v) is 13.3. The molecule has 1 saturated heterocycles. The normalized spacial score (nSPS) is 23.3. The van der Waals surface area contributed by atoms with Crippen LogP contribution in [0.15, 0.2) is 11.6 Å². The molecule has 0 aromatic carbocycles. The lowest BCUT2D eigenvalue weighted by molar-refractivity contribution is -0.141. The largest absolute Gasteiger partial charge is 0.478 e. The monoisotopic (exact) mass is 477 g/mol. The summed E-state index contributed by atoms with van der Waals surface area (Å²) in [6, 6.07) is -0.781. The Bertz CT molecular complexity index is 729. The van der Waals surface area contributed by atoms with Crippen LogP contribution >= 0.6 is 0 Å². The topological polar surface area (TPSA) is 90.0 Å². The summed E-state index contributed by atoms with van der Waals surface area (Å²) >= 11 is 0. The molecule has 194 valence electrons. The van der Waals surface area contributed by atoms with E-state index in [1.807, 2.05) is 13.8 Å². The van der Waals surface area contributed by atoms with E-state index in [-0.39, 0.29) is 41.3 Å². The third kappa shape index (κ3) is 7.30. The average Bonchev–Trinajstić information content (AvgIpc) is 2.84. The van der Waals surface area contributed by atoms with E-state index in [9.17, 15) is 19.5 Å². The number of hydrogen-bond acceptors (Lipinski definition) is 4. The van der Waals surface area contributed by atoms with Crippen molar-refractivity contribution in [3.8, 4) is 0 Å². The van der Waals surface area contributed by atoms with Crippen molar-refractivity contribution >= 4 is 17.8 Å². The van der Waals surface area contributed by atoms with Gasteiger partial charge in [0.2, 0.25) is 11.8 Å². The number of carbonyl (C=O) groups excluding carboxylic acids is 2. The van der Waals surface area contributed by atoms with Gasteiger partial charge >= 0.3 is 5.97 Å². The molecule has 7 heteroatoms. The second-order valence-electron chi connectivity index (χ2n) is 10.7. The fourth-order valence-corrected chi connectivity index (χ4v) is 5.54. The van der Waals surface area contributed by atoms with Crippen molar-refractivity contribution in [3.05, 3.63) is 11.6 Å². The van der Waals surface area contributed by atoms with Gasteiger partial charge in [-0.2, -0.15) is 0 Å². The number of aliphatic carboxylic acids is 1. The summed E-state index contributed by atoms with van der Waals surface area (Å²) in [5, 5.41) is 12.6. The van der Waals surface area contributed by atoms with Crippen LogP contribution in [0.1, 0.15) is 92.4 Å². The average molecular weight is 478 g/mol. The predicted octanol–water partition coefficient (Wildman–Crippen LogP) is 4.22. The number of piperidine rings is 1. The van der Waals surface area contributed by atoms with Crippen molar-refractivity contribution in [2.75, 3.05) is 13.6 Å². The van der Waals surface area contributed by atoms with Gasteiger partial charge in [0.1, 0.15) is 6.04 Å². The molecular weight excluding hydrogens is 430 g/mol. The Hall–Kier alpha value is -1.89. The molecule has 34 heavy (non-hydrogen) atoms. The van der Waals surface area contributed by atoms with E-state index < -0.39 is 12.0 Å². The van der Waals surface area contributed by atoms with Crippen LogP contribution in [0.25, 0.3) is 0 Å². The molecule has 0 aromatic heterocycles. The molecular formula is C27H47N3O4. The molecule has 2 rings (SSSR count). The molecule has 1 aliphatic heterocycles. The SMILES string of the molecule is CCC(C)N1CCCCC1C(=O)N[C@H](C(=O)N(C)[C@H](/C=C(\C)C(=O)O)C(C)C)C1CCCCC1. The van der Waals surface area contributed by atoms with Crippen molar-refractivity contribution in [1.82, 2.24) is 15.1 Å². The number of carboxylic acids is 1. The number of nitrogens with one attached hydrogen (secondary N) is 1. The van der Waals surface area contributed by atoms with Gasteiger partial charge in [0.15, 0.2) is 0 Å². The van der Waals surface area contributed by atoms with Gasteiger partial charge in [-0.05, 0) is 64.3 Å². The quantitative estimate of drug-likeness (QED) is 0.460. The Kier molecular flexibility index (Phi) is 11.1. The van der Waals surface area contributed by atoms with Crippen LogP contribution in [0.4, 0.5) is 0 Å². The summed E-state index contributed by atoms with van der Waals surface area (Å²) in [5.41, 5.74) is 0.225. The number of carboxylic acid groups (broad SMARTS) is 1. The maximum atomic E-state index is 13.9. The molecule has 2 fully saturated rings. The van der Waals surface area contributed by atoms with Crippen molar-refractivity contribution in [2.45, 2.75) is 117 Å². The van der Waals surface area contributed by atoms with E-state index in [1.165, 1.54) is 6.42 Å². The van der Waals surface area contributed by atoms with Crippen LogP contribution in [-0.4, -0.2) is 70.4 Å². The third-order valence-corrected chi connectivity index (χ3v) is 7.92. The summed E-state index contributed by atoms with van der Waals surface area (Å²) in [5.74, 6) is -0.961. The molecule has 7 nitrogen and oxygen atoms in total. The van der Waals surface area contributed by atoms with Crippen LogP contribution in [-0.2, 0) is 14.4 Å². The molecule has 2 aliphatic rings. The van der Waals surface area contributed by atoms with Crippen LogP contribution in [0.5, 0.6) is 0 Å². The number of hydrogen-bond donors (Lipinski definition) is 2. The van der Waals surface area contributed by atoms with Crippen molar-refractivity contribution in [2.24, 2.45) is 11.8 Å². The first-order valence-electron chi connectivity index (χ1n) is 13.3. The van der Waals surface area contributed by atoms with Gasteiger partial charge in [-0.25, -0.2) is 4.79 Å². The van der Waals surface area contributed by atoms with Gasteiger partial charge in [-0.3, -0.25) is 14.5 Å². The molecule has 0 bridgehead atoms. The van der Waals surface area contributed by atoms with E-state index in [4.69, 9.17) is 0 Å². The number of nitrogens with zero attached hydrogens (tertiary/aromatic N) is 2. The molecule has 2 amide bonds. The van der Waals surface area contributed by atoms with E-state index in [2.05, 4.69) is 24.1 Å². The van der Waals surface area contributed by atoms with Gasteiger partial charge in [-0.15, -0.1) is 0 Å². The Morgan fingerprint density at radius 3 is 2.24 bits per heavy atom. The first kappa shape index (κ1) is 28.3. The molecule has 2 N–H and O–H groups in total. The lowest BCUT2D eigenvalue weighted by Crippen LogP contribution is -2.59. The highest BCUT2D eigenvalue weighted by atomic mass is 16.4. The van der Waals surface area contributed by atoms with E-state index in [1.54, 1.807) is 24.9 Å². The molecule has 0 radical (unpaired) electrons. The maximum absolute atomic E-state index is 13.9. The van der Waals surface area contributed by atoms with Crippen molar-refractivity contribution in [1.29, 1.82) is 0 Å². The lowest BCUT2D eigenvalue weighted by Gasteiger charge is -2.41. The summed E-state index contributed by atoms with van der Waals surface area (Å²) < 4.78 is 0. The Morgan fingerprint density at radius 1 is 1.06 bits per heavy atom. The minimum absolute atomic E-state index is 0.0318. The molecule has 2 unspecified atom stereocenters. The Balaban J connectivity index is 2.29. The third-order valence-electron chi connectivity index (χ3n) is 7.92. The zero-order valence-electron chi connectivity index (χ0n) is 22.2.